The van der Waals surface area contributed by atoms with Crippen LogP contribution in [0.15, 0.2) is 46.6 Å². The summed E-state index contributed by atoms with van der Waals surface area (Å²) in [6, 6.07) is 8.03. The van der Waals surface area contributed by atoms with Crippen molar-refractivity contribution in [3.8, 4) is 0 Å². The van der Waals surface area contributed by atoms with E-state index in [1.54, 1.807) is 23.0 Å². The first-order valence-electron chi connectivity index (χ1n) is 7.68. The van der Waals surface area contributed by atoms with Crippen LogP contribution in [0.4, 0.5) is 0 Å². The topological polar surface area (TPSA) is 89.9 Å². The molecule has 0 unspecified atom stereocenters. The zero-order valence-corrected chi connectivity index (χ0v) is 14.8. The molecule has 0 bridgehead atoms. The van der Waals surface area contributed by atoms with Crippen LogP contribution in [0.5, 0.6) is 0 Å². The van der Waals surface area contributed by atoms with Crippen LogP contribution >= 0.6 is 11.8 Å². The standard InChI is InChI=1S/C16H18N6O2S/c1-12-5-3-4-6-13(12)7-21(2)15(23)9-25-16-20-19-14(24-16)8-22-11-17-10-18-22/h3-6,10-11H,7-9H2,1-2H3. The van der Waals surface area contributed by atoms with Gasteiger partial charge in [0.25, 0.3) is 5.22 Å². The maximum atomic E-state index is 12.3. The van der Waals surface area contributed by atoms with Crippen LogP contribution in [0.2, 0.25) is 0 Å². The number of hydrogen-bond donors (Lipinski definition) is 0. The zero-order valence-electron chi connectivity index (χ0n) is 14.0. The molecule has 0 aliphatic rings. The van der Waals surface area contributed by atoms with E-state index in [4.69, 9.17) is 4.42 Å². The summed E-state index contributed by atoms with van der Waals surface area (Å²) in [5, 5.41) is 12.2. The van der Waals surface area contributed by atoms with Gasteiger partial charge >= 0.3 is 0 Å². The van der Waals surface area contributed by atoms with Gasteiger partial charge in [-0.3, -0.25) is 4.79 Å². The van der Waals surface area contributed by atoms with Gasteiger partial charge in [0.1, 0.15) is 19.2 Å². The summed E-state index contributed by atoms with van der Waals surface area (Å²) in [7, 11) is 1.79. The van der Waals surface area contributed by atoms with Gasteiger partial charge in [-0.2, -0.15) is 5.10 Å². The summed E-state index contributed by atoms with van der Waals surface area (Å²) >= 11 is 1.23. The highest BCUT2D eigenvalue weighted by Gasteiger charge is 2.14. The molecule has 0 aliphatic heterocycles. The minimum atomic E-state index is 0.00396. The molecule has 1 amide bonds. The van der Waals surface area contributed by atoms with E-state index in [0.717, 1.165) is 5.56 Å². The normalized spacial score (nSPS) is 10.8. The first-order valence-corrected chi connectivity index (χ1v) is 8.66. The van der Waals surface area contributed by atoms with Gasteiger partial charge < -0.3 is 9.32 Å². The van der Waals surface area contributed by atoms with Crippen molar-refractivity contribution in [1.82, 2.24) is 29.9 Å². The molecule has 9 heteroatoms. The zero-order chi connectivity index (χ0) is 17.6. The molecule has 0 N–H and O–H groups in total. The van der Waals surface area contributed by atoms with E-state index >= 15 is 0 Å². The second-order valence-corrected chi connectivity index (χ2v) is 6.45. The van der Waals surface area contributed by atoms with Gasteiger partial charge in [-0.1, -0.05) is 36.0 Å². The van der Waals surface area contributed by atoms with Crippen molar-refractivity contribution in [1.29, 1.82) is 0 Å². The number of benzene rings is 1. The summed E-state index contributed by atoms with van der Waals surface area (Å²) in [4.78, 5) is 17.8. The van der Waals surface area contributed by atoms with E-state index in [9.17, 15) is 4.79 Å². The van der Waals surface area contributed by atoms with Crippen molar-refractivity contribution in [3.63, 3.8) is 0 Å². The number of nitrogens with zero attached hydrogens (tertiary/aromatic N) is 6. The average Bonchev–Trinajstić information content (AvgIpc) is 3.27. The third-order valence-electron chi connectivity index (χ3n) is 3.63. The Hall–Kier alpha value is -2.68. The Bertz CT molecular complexity index is 833. The maximum absolute atomic E-state index is 12.3. The van der Waals surface area contributed by atoms with Gasteiger partial charge in [0.2, 0.25) is 11.8 Å². The summed E-state index contributed by atoms with van der Waals surface area (Å²) in [6.07, 6.45) is 3.01. The largest absolute Gasteiger partial charge is 0.414 e. The Morgan fingerprint density at radius 2 is 2.16 bits per heavy atom. The molecule has 3 aromatic rings. The van der Waals surface area contributed by atoms with Crippen LogP contribution in [0.25, 0.3) is 0 Å². The van der Waals surface area contributed by atoms with E-state index in [1.807, 2.05) is 31.2 Å². The number of hydrogen-bond acceptors (Lipinski definition) is 7. The van der Waals surface area contributed by atoms with E-state index in [-0.39, 0.29) is 11.7 Å². The minimum absolute atomic E-state index is 0.00396. The number of aromatic nitrogens is 5. The van der Waals surface area contributed by atoms with Gasteiger partial charge in [0.15, 0.2) is 0 Å². The molecule has 2 heterocycles. The fourth-order valence-electron chi connectivity index (χ4n) is 2.18. The maximum Gasteiger partial charge on any atom is 0.277 e. The number of rotatable bonds is 7. The average molecular weight is 358 g/mol. The van der Waals surface area contributed by atoms with E-state index in [2.05, 4.69) is 20.3 Å². The summed E-state index contributed by atoms with van der Waals surface area (Å²) < 4.78 is 7.09. The van der Waals surface area contributed by atoms with Crippen molar-refractivity contribution in [3.05, 3.63) is 53.9 Å². The summed E-state index contributed by atoms with van der Waals surface area (Å²) in [5.41, 5.74) is 2.31. The van der Waals surface area contributed by atoms with Crippen LogP contribution in [0.3, 0.4) is 0 Å². The highest BCUT2D eigenvalue weighted by Crippen LogP contribution is 2.17. The smallest absolute Gasteiger partial charge is 0.277 e. The molecule has 0 saturated heterocycles. The van der Waals surface area contributed by atoms with Gasteiger partial charge in [0, 0.05) is 13.6 Å². The summed E-state index contributed by atoms with van der Waals surface area (Å²) in [5.74, 6) is 0.672. The molecule has 0 saturated carbocycles. The lowest BCUT2D eigenvalue weighted by Gasteiger charge is -2.17. The van der Waals surface area contributed by atoms with Gasteiger partial charge in [-0.15, -0.1) is 10.2 Å². The fourth-order valence-corrected chi connectivity index (χ4v) is 2.90. The van der Waals surface area contributed by atoms with E-state index in [1.165, 1.54) is 23.7 Å². The predicted molar refractivity (Wildman–Crippen MR) is 91.8 cm³/mol. The van der Waals surface area contributed by atoms with Crippen LogP contribution < -0.4 is 0 Å². The van der Waals surface area contributed by atoms with E-state index in [0.29, 0.717) is 24.2 Å². The van der Waals surface area contributed by atoms with Gasteiger partial charge in [0.05, 0.1) is 5.75 Å². The molecule has 1 aromatic carbocycles. The lowest BCUT2D eigenvalue weighted by atomic mass is 10.1. The van der Waals surface area contributed by atoms with Crippen LogP contribution in [0.1, 0.15) is 17.0 Å². The monoisotopic (exact) mass is 358 g/mol. The predicted octanol–water partition coefficient (Wildman–Crippen LogP) is 1.77. The highest BCUT2D eigenvalue weighted by molar-refractivity contribution is 7.99. The van der Waals surface area contributed by atoms with Crippen molar-refractivity contribution < 1.29 is 9.21 Å². The Balaban J connectivity index is 1.50. The number of thioether (sulfide) groups is 1. The van der Waals surface area contributed by atoms with Crippen molar-refractivity contribution >= 4 is 17.7 Å². The lowest BCUT2D eigenvalue weighted by molar-refractivity contribution is -0.127. The number of aryl methyl sites for hydroxylation is 1. The van der Waals surface area contributed by atoms with E-state index < -0.39 is 0 Å². The molecule has 0 atom stereocenters. The molecule has 0 spiro atoms. The molecule has 8 nitrogen and oxygen atoms in total. The van der Waals surface area contributed by atoms with Crippen LogP contribution in [-0.2, 0) is 17.9 Å². The summed E-state index contributed by atoms with van der Waals surface area (Å²) in [6.45, 7) is 2.97. The first-order chi connectivity index (χ1) is 12.1. The van der Waals surface area contributed by atoms with Crippen molar-refractivity contribution in [2.45, 2.75) is 25.2 Å². The third-order valence-corrected chi connectivity index (χ3v) is 4.43. The van der Waals surface area contributed by atoms with Crippen LogP contribution in [-0.4, -0.2) is 48.6 Å². The van der Waals surface area contributed by atoms with Crippen LogP contribution in [0, 0.1) is 6.92 Å². The Kier molecular flexibility index (Phi) is 5.44. The Labute approximate surface area is 149 Å². The molecule has 130 valence electrons. The molecule has 25 heavy (non-hydrogen) atoms. The number of amides is 1. The number of carbonyl (C=O) groups is 1. The molecule has 0 aliphatic carbocycles. The SMILES string of the molecule is Cc1ccccc1CN(C)C(=O)CSc1nnc(Cn2cncn2)o1. The molecule has 0 fully saturated rings. The Morgan fingerprint density at radius 3 is 2.92 bits per heavy atom. The minimum Gasteiger partial charge on any atom is -0.414 e. The second kappa shape index (κ2) is 7.93. The molecule has 2 aromatic heterocycles. The quantitative estimate of drug-likeness (QED) is 0.595. The first kappa shape index (κ1) is 17.2. The third kappa shape index (κ3) is 4.66. The fraction of sp³-hybridized carbons (Fsp3) is 0.312. The van der Waals surface area contributed by atoms with Gasteiger partial charge in [-0.25, -0.2) is 9.67 Å². The molecule has 0 radical (unpaired) electrons. The lowest BCUT2D eigenvalue weighted by Crippen LogP contribution is -2.28. The molecular formula is C16H18N6O2S. The molecular weight excluding hydrogens is 340 g/mol. The van der Waals surface area contributed by atoms with Crippen molar-refractivity contribution in [2.75, 3.05) is 12.8 Å². The second-order valence-electron chi connectivity index (χ2n) is 5.52. The Morgan fingerprint density at radius 1 is 1.32 bits per heavy atom. The number of carbonyl (C=O) groups excluding carboxylic acids is 1. The molecule has 3 rings (SSSR count). The highest BCUT2D eigenvalue weighted by atomic mass is 32.2. The van der Waals surface area contributed by atoms with Crippen molar-refractivity contribution in [2.24, 2.45) is 0 Å². The van der Waals surface area contributed by atoms with Gasteiger partial charge in [-0.05, 0) is 18.1 Å².